The van der Waals surface area contributed by atoms with Crippen LogP contribution >= 0.6 is 11.3 Å². The maximum Gasteiger partial charge on any atom is 0.330 e. The van der Waals surface area contributed by atoms with Gasteiger partial charge in [-0.2, -0.15) is 4.31 Å². The van der Waals surface area contributed by atoms with Crippen molar-refractivity contribution in [1.82, 2.24) is 35.1 Å². The zero-order valence-corrected chi connectivity index (χ0v) is 40.8. The molecule has 3 aliphatic heterocycles. The van der Waals surface area contributed by atoms with Crippen LogP contribution in [-0.2, 0) is 31.0 Å². The number of aromatic nitrogens is 2. The quantitative estimate of drug-likeness (QED) is 0.0950. The SMILES string of the molecule is COc1ccc2c(O[C@@H]3C[C@H]4C(=O)N[C@]5(C(=O)O)CC5/C=C\CCCCC[C@H](NC(=O)NC(CN5Cc6ccccc6S5(=O)=O)=C5CCCCC5)C(=O)N4C3)cc(-c3csc(NC(C)C)n3)nc2c1. The fourth-order valence-corrected chi connectivity index (χ4v) is 12.5. The number of carbonyl (C=O) groups is 4. The number of sulfonamides is 1. The van der Waals surface area contributed by atoms with Crippen LogP contribution in [0, 0.1) is 5.92 Å². The molecule has 1 unspecified atom stereocenters. The molecule has 2 aromatic carbocycles. The number of benzene rings is 2. The first-order chi connectivity index (χ1) is 33.2. The number of thiazole rings is 1. The number of amides is 4. The van der Waals surface area contributed by atoms with E-state index in [9.17, 15) is 27.9 Å². The van der Waals surface area contributed by atoms with Gasteiger partial charge in [-0.25, -0.2) is 28.0 Å². The van der Waals surface area contributed by atoms with Crippen LogP contribution in [0.3, 0.4) is 0 Å². The lowest BCUT2D eigenvalue weighted by atomic mass is 9.93. The Balaban J connectivity index is 1.01. The molecule has 4 aromatic rings. The van der Waals surface area contributed by atoms with Crippen molar-refractivity contribution in [3.63, 3.8) is 0 Å². The number of methoxy groups -OCH3 is 1. The number of pyridine rings is 1. The molecular weight excluding hydrogens is 921 g/mol. The van der Waals surface area contributed by atoms with E-state index in [0.717, 1.165) is 42.8 Å². The molecule has 0 spiro atoms. The summed E-state index contributed by atoms with van der Waals surface area (Å²) in [7, 11) is -2.24. The molecule has 5 heterocycles. The number of urea groups is 1. The van der Waals surface area contributed by atoms with E-state index in [1.807, 2.05) is 37.4 Å². The van der Waals surface area contributed by atoms with Crippen molar-refractivity contribution in [3.05, 3.63) is 82.9 Å². The summed E-state index contributed by atoms with van der Waals surface area (Å²) >= 11 is 1.45. The highest BCUT2D eigenvalue weighted by Crippen LogP contribution is 2.46. The van der Waals surface area contributed by atoms with Gasteiger partial charge >= 0.3 is 12.0 Å². The van der Waals surface area contributed by atoms with E-state index in [1.54, 1.807) is 49.6 Å². The summed E-state index contributed by atoms with van der Waals surface area (Å²) in [5, 5.41) is 25.9. The molecule has 5 atom stereocenters. The summed E-state index contributed by atoms with van der Waals surface area (Å²) in [4.78, 5) is 68.1. The average Bonchev–Trinajstić information content (AvgIpc) is 3.56. The van der Waals surface area contributed by atoms with Gasteiger partial charge in [0.05, 0.1) is 36.3 Å². The second-order valence-corrected chi connectivity index (χ2v) is 21.8. The summed E-state index contributed by atoms with van der Waals surface area (Å²) in [6, 6.07) is 11.4. The number of ether oxygens (including phenoxy) is 2. The lowest BCUT2D eigenvalue weighted by Crippen LogP contribution is -2.57. The highest BCUT2D eigenvalue weighted by molar-refractivity contribution is 7.89. The van der Waals surface area contributed by atoms with Gasteiger partial charge in [0.1, 0.15) is 40.9 Å². The molecule has 4 amide bonds. The minimum absolute atomic E-state index is 0.0318. The molecule has 5 aliphatic rings. The zero-order chi connectivity index (χ0) is 48.5. The van der Waals surface area contributed by atoms with Gasteiger partial charge in [-0.1, -0.05) is 49.6 Å². The van der Waals surface area contributed by atoms with E-state index >= 15 is 4.79 Å². The van der Waals surface area contributed by atoms with E-state index in [2.05, 4.69) is 21.3 Å². The monoisotopic (exact) mass is 980 g/mol. The highest BCUT2D eigenvalue weighted by atomic mass is 32.2. The van der Waals surface area contributed by atoms with E-state index in [-0.39, 0.29) is 49.8 Å². The van der Waals surface area contributed by atoms with E-state index in [0.29, 0.717) is 70.7 Å². The first kappa shape index (κ1) is 48.0. The fraction of sp³-hybridized carbons (Fsp3) is 0.480. The van der Waals surface area contributed by atoms with Crippen LogP contribution < -0.4 is 30.7 Å². The van der Waals surface area contributed by atoms with Crippen molar-refractivity contribution in [1.29, 1.82) is 0 Å². The number of carboxylic acids is 1. The standard InChI is InChI=1S/C50H60N8O9S2/c1-30(2)51-49-55-41(29-68-49)39-24-43(36-21-20-34(66-3)22-38(36)52-39)67-35-23-42-45(59)56-50(47(61)62)25-33(50)17-10-5-4-6-11-18-37(46(60)58(42)27-35)53-48(63)54-40(31-14-8-7-9-15-31)28-57-26-32-16-12-13-19-44(32)69(57,64)65/h10,12-13,16-17,19-22,24,29-30,33,35,37,42H,4-9,11,14-15,18,23,25-28H2,1-3H3,(H,51,55)(H,56,59)(H,61,62)(H2,53,54,63)/b17-10-/t33?,35-,37+,42+,50-/m1/s1. The van der Waals surface area contributed by atoms with Gasteiger partial charge in [0.2, 0.25) is 21.8 Å². The van der Waals surface area contributed by atoms with E-state index in [4.69, 9.17) is 19.4 Å². The molecule has 17 nitrogen and oxygen atoms in total. The van der Waals surface area contributed by atoms with Gasteiger partial charge in [0.25, 0.3) is 0 Å². The summed E-state index contributed by atoms with van der Waals surface area (Å²) in [6.07, 6.45) is 10.6. The molecule has 0 radical (unpaired) electrons. The smallest absolute Gasteiger partial charge is 0.330 e. The Bertz CT molecular complexity index is 2800. The van der Waals surface area contributed by atoms with Gasteiger partial charge in [0, 0.05) is 53.5 Å². The van der Waals surface area contributed by atoms with Crippen molar-refractivity contribution < 1.29 is 42.2 Å². The van der Waals surface area contributed by atoms with Gasteiger partial charge in [0.15, 0.2) is 5.13 Å². The van der Waals surface area contributed by atoms with Crippen LogP contribution in [0.4, 0.5) is 9.93 Å². The van der Waals surface area contributed by atoms with E-state index < -0.39 is 63.5 Å². The third kappa shape index (κ3) is 10.3. The van der Waals surface area contributed by atoms with Crippen molar-refractivity contribution in [2.45, 2.75) is 132 Å². The van der Waals surface area contributed by atoms with Crippen LogP contribution in [-0.4, -0.2) is 106 Å². The number of nitrogens with zero attached hydrogens (tertiary/aromatic N) is 4. The van der Waals surface area contributed by atoms with Gasteiger partial charge in [-0.15, -0.1) is 11.3 Å². The zero-order valence-electron chi connectivity index (χ0n) is 39.2. The average molecular weight is 981 g/mol. The Labute approximate surface area is 406 Å². The third-order valence-electron chi connectivity index (χ3n) is 13.8. The molecule has 9 rings (SSSR count). The van der Waals surface area contributed by atoms with Crippen molar-refractivity contribution in [2.75, 3.05) is 25.5 Å². The first-order valence-corrected chi connectivity index (χ1v) is 26.3. The number of nitrogens with one attached hydrogen (secondary N) is 4. The number of allylic oxidation sites excluding steroid dienone is 2. The number of aliphatic carboxylic acids is 1. The number of anilines is 1. The minimum atomic E-state index is -3.81. The molecule has 2 aliphatic carbocycles. The molecule has 366 valence electrons. The minimum Gasteiger partial charge on any atom is -0.497 e. The van der Waals surface area contributed by atoms with Gasteiger partial charge in [-0.3, -0.25) is 9.59 Å². The van der Waals surface area contributed by atoms with Gasteiger partial charge < -0.3 is 40.7 Å². The molecule has 69 heavy (non-hydrogen) atoms. The van der Waals surface area contributed by atoms with Crippen molar-refractivity contribution in [3.8, 4) is 22.9 Å². The summed E-state index contributed by atoms with van der Waals surface area (Å²) < 4.78 is 41.1. The Kier molecular flexibility index (Phi) is 14.0. The number of hydrogen-bond acceptors (Lipinski definition) is 12. The van der Waals surface area contributed by atoms with Crippen molar-refractivity contribution in [2.24, 2.45) is 5.92 Å². The molecule has 0 bridgehead atoms. The highest BCUT2D eigenvalue weighted by Gasteiger charge is 2.61. The topological polar surface area (TPSA) is 221 Å². The molecule has 19 heteroatoms. The Morgan fingerprint density at radius 1 is 1.01 bits per heavy atom. The van der Waals surface area contributed by atoms with Crippen LogP contribution in [0.5, 0.6) is 11.5 Å². The summed E-state index contributed by atoms with van der Waals surface area (Å²) in [5.74, 6) is -1.66. The Morgan fingerprint density at radius 3 is 2.58 bits per heavy atom. The number of fused-ring (bicyclic) bond motifs is 4. The van der Waals surface area contributed by atoms with Crippen LogP contribution in [0.2, 0.25) is 0 Å². The number of hydrogen-bond donors (Lipinski definition) is 5. The van der Waals surface area contributed by atoms with Crippen LogP contribution in [0.25, 0.3) is 22.3 Å². The van der Waals surface area contributed by atoms with E-state index in [1.165, 1.54) is 20.5 Å². The molecule has 2 saturated carbocycles. The third-order valence-corrected chi connectivity index (χ3v) is 16.5. The van der Waals surface area contributed by atoms with Crippen molar-refractivity contribution >= 4 is 61.2 Å². The molecule has 3 fully saturated rings. The molecule has 5 N–H and O–H groups in total. The lowest BCUT2D eigenvalue weighted by molar-refractivity contribution is -0.145. The van der Waals surface area contributed by atoms with Crippen LogP contribution in [0.15, 0.2) is 82.2 Å². The molecular formula is C50H60N8O9S2. The first-order valence-electron chi connectivity index (χ1n) is 24.0. The summed E-state index contributed by atoms with van der Waals surface area (Å²) in [5.41, 5.74) is 2.39. The normalized spacial score (nSPS) is 25.3. The second-order valence-electron chi connectivity index (χ2n) is 19.0. The maximum atomic E-state index is 15.1. The maximum absolute atomic E-state index is 15.1. The summed E-state index contributed by atoms with van der Waals surface area (Å²) in [6.45, 7) is 4.15. The number of carboxylic acid groups (broad SMARTS) is 1. The Hall–Kier alpha value is -6.05. The Morgan fingerprint density at radius 2 is 1.81 bits per heavy atom. The lowest BCUT2D eigenvalue weighted by Gasteiger charge is -2.30. The molecule has 2 aromatic heterocycles. The predicted octanol–water partition coefficient (Wildman–Crippen LogP) is 7.11. The second kappa shape index (κ2) is 20.1. The predicted molar refractivity (Wildman–Crippen MR) is 261 cm³/mol. The fourth-order valence-electron chi connectivity index (χ4n) is 10.0. The number of carbonyl (C=O) groups excluding carboxylic acids is 3. The largest absolute Gasteiger partial charge is 0.497 e. The number of rotatable bonds is 11. The van der Waals surface area contributed by atoms with Crippen LogP contribution in [0.1, 0.15) is 96.5 Å². The van der Waals surface area contributed by atoms with Gasteiger partial charge in [-0.05, 0) is 94.5 Å². The molecule has 1 saturated heterocycles.